The van der Waals surface area contributed by atoms with E-state index < -0.39 is 5.97 Å². The number of amides is 2. The second-order valence-corrected chi connectivity index (χ2v) is 5.23. The van der Waals surface area contributed by atoms with Crippen LogP contribution >= 0.6 is 0 Å². The summed E-state index contributed by atoms with van der Waals surface area (Å²) in [5, 5.41) is 5.42. The fraction of sp³-hybridized carbons (Fsp3) is 0. The first-order valence-electron chi connectivity index (χ1n) is 7.71. The Kier molecular flexibility index (Phi) is 5.07. The van der Waals surface area contributed by atoms with Gasteiger partial charge in [-0.15, -0.1) is 0 Å². The van der Waals surface area contributed by atoms with Crippen LogP contribution in [0.3, 0.4) is 0 Å². The van der Waals surface area contributed by atoms with E-state index in [-0.39, 0.29) is 6.03 Å². The van der Waals surface area contributed by atoms with Crippen molar-refractivity contribution < 1.29 is 14.3 Å². The van der Waals surface area contributed by atoms with E-state index >= 15 is 0 Å². The Morgan fingerprint density at radius 2 is 1.16 bits per heavy atom. The highest BCUT2D eigenvalue weighted by Crippen LogP contribution is 2.15. The molecule has 0 unspecified atom stereocenters. The van der Waals surface area contributed by atoms with Crippen molar-refractivity contribution in [3.8, 4) is 5.75 Å². The lowest BCUT2D eigenvalue weighted by Crippen LogP contribution is -2.19. The van der Waals surface area contributed by atoms with Crippen molar-refractivity contribution in [1.29, 1.82) is 0 Å². The number of carbonyl (C=O) groups is 2. The molecule has 3 aromatic carbocycles. The van der Waals surface area contributed by atoms with E-state index in [9.17, 15) is 9.59 Å². The maximum atomic E-state index is 12.1. The number of rotatable bonds is 4. The molecule has 5 heteroatoms. The molecule has 0 aliphatic heterocycles. The van der Waals surface area contributed by atoms with Gasteiger partial charge in [0, 0.05) is 11.4 Å². The van der Waals surface area contributed by atoms with E-state index in [1.54, 1.807) is 60.7 Å². The van der Waals surface area contributed by atoms with Gasteiger partial charge < -0.3 is 15.4 Å². The van der Waals surface area contributed by atoms with E-state index in [4.69, 9.17) is 4.74 Å². The quantitative estimate of drug-likeness (QED) is 0.544. The van der Waals surface area contributed by atoms with Crippen LogP contribution < -0.4 is 15.4 Å². The van der Waals surface area contributed by atoms with E-state index in [2.05, 4.69) is 10.6 Å². The van der Waals surface area contributed by atoms with Crippen LogP contribution in [0.25, 0.3) is 0 Å². The lowest BCUT2D eigenvalue weighted by atomic mass is 10.2. The maximum absolute atomic E-state index is 12.1. The predicted molar refractivity (Wildman–Crippen MR) is 96.9 cm³/mol. The minimum absolute atomic E-state index is 0.356. The normalized spacial score (nSPS) is 9.92. The average Bonchev–Trinajstić information content (AvgIpc) is 2.64. The third-order valence-electron chi connectivity index (χ3n) is 3.36. The predicted octanol–water partition coefficient (Wildman–Crippen LogP) is 4.55. The molecule has 0 atom stereocenters. The van der Waals surface area contributed by atoms with Crippen molar-refractivity contribution in [2.45, 2.75) is 0 Å². The molecular weight excluding hydrogens is 316 g/mol. The summed E-state index contributed by atoms with van der Waals surface area (Å²) in [7, 11) is 0. The summed E-state index contributed by atoms with van der Waals surface area (Å²) >= 11 is 0. The summed E-state index contributed by atoms with van der Waals surface area (Å²) in [4.78, 5) is 24.0. The Morgan fingerprint density at radius 1 is 0.640 bits per heavy atom. The topological polar surface area (TPSA) is 67.4 Å². The first kappa shape index (κ1) is 16.3. The molecule has 2 N–H and O–H groups in total. The van der Waals surface area contributed by atoms with E-state index in [0.717, 1.165) is 0 Å². The molecule has 0 heterocycles. The summed E-state index contributed by atoms with van der Waals surface area (Å²) in [5.74, 6) is 0.0310. The molecular formula is C20H16N2O3. The molecule has 0 spiro atoms. The first-order chi connectivity index (χ1) is 12.2. The maximum Gasteiger partial charge on any atom is 0.343 e. The number of hydrogen-bond acceptors (Lipinski definition) is 3. The highest BCUT2D eigenvalue weighted by molar-refractivity contribution is 6.00. The van der Waals surface area contributed by atoms with Crippen LogP contribution in [0.5, 0.6) is 5.75 Å². The zero-order chi connectivity index (χ0) is 17.5. The minimum atomic E-state index is -0.452. The van der Waals surface area contributed by atoms with Crippen molar-refractivity contribution in [2.75, 3.05) is 10.6 Å². The summed E-state index contributed by atoms with van der Waals surface area (Å²) in [6, 6.07) is 24.1. The van der Waals surface area contributed by atoms with Gasteiger partial charge in [0.15, 0.2) is 0 Å². The molecule has 0 aliphatic rings. The van der Waals surface area contributed by atoms with E-state index in [1.165, 1.54) is 0 Å². The van der Waals surface area contributed by atoms with Crippen molar-refractivity contribution in [3.05, 3.63) is 90.5 Å². The van der Waals surface area contributed by atoms with Crippen LogP contribution in [0.4, 0.5) is 16.2 Å². The van der Waals surface area contributed by atoms with Gasteiger partial charge in [-0.25, -0.2) is 9.59 Å². The molecule has 0 radical (unpaired) electrons. The highest BCUT2D eigenvalue weighted by Gasteiger charge is 2.09. The van der Waals surface area contributed by atoms with Gasteiger partial charge in [-0.05, 0) is 48.5 Å². The number of esters is 1. The van der Waals surface area contributed by atoms with Crippen molar-refractivity contribution in [2.24, 2.45) is 0 Å². The summed E-state index contributed by atoms with van der Waals surface area (Å²) in [6.07, 6.45) is 0. The number of urea groups is 1. The van der Waals surface area contributed by atoms with Crippen LogP contribution in [0.15, 0.2) is 84.9 Å². The first-order valence-corrected chi connectivity index (χ1v) is 7.71. The van der Waals surface area contributed by atoms with Crippen LogP contribution in [0, 0.1) is 0 Å². The lowest BCUT2D eigenvalue weighted by Gasteiger charge is -2.08. The molecule has 3 rings (SSSR count). The summed E-state index contributed by atoms with van der Waals surface area (Å²) < 4.78 is 5.26. The molecule has 2 amide bonds. The highest BCUT2D eigenvalue weighted by atomic mass is 16.5. The molecule has 0 aromatic heterocycles. The van der Waals surface area contributed by atoms with Crippen LogP contribution in [-0.4, -0.2) is 12.0 Å². The van der Waals surface area contributed by atoms with Gasteiger partial charge >= 0.3 is 12.0 Å². The van der Waals surface area contributed by atoms with Crippen molar-refractivity contribution in [3.63, 3.8) is 0 Å². The van der Waals surface area contributed by atoms with Gasteiger partial charge in [0.1, 0.15) is 5.75 Å². The molecule has 0 saturated carbocycles. The van der Waals surface area contributed by atoms with Gasteiger partial charge in [-0.1, -0.05) is 36.4 Å². The second-order valence-electron chi connectivity index (χ2n) is 5.23. The Labute approximate surface area is 145 Å². The van der Waals surface area contributed by atoms with Crippen LogP contribution in [0.1, 0.15) is 10.4 Å². The van der Waals surface area contributed by atoms with Crippen LogP contribution in [-0.2, 0) is 0 Å². The van der Waals surface area contributed by atoms with E-state index in [1.807, 2.05) is 24.3 Å². The Balaban J connectivity index is 1.58. The second kappa shape index (κ2) is 7.79. The minimum Gasteiger partial charge on any atom is -0.423 e. The number of anilines is 2. The Bertz CT molecular complexity index is 847. The van der Waals surface area contributed by atoms with Gasteiger partial charge in [0.05, 0.1) is 5.56 Å². The molecule has 0 bridgehead atoms. The molecule has 3 aromatic rings. The van der Waals surface area contributed by atoms with Gasteiger partial charge in [-0.3, -0.25) is 0 Å². The third-order valence-corrected chi connectivity index (χ3v) is 3.36. The summed E-state index contributed by atoms with van der Waals surface area (Å²) in [6.45, 7) is 0. The lowest BCUT2D eigenvalue weighted by molar-refractivity contribution is 0.0735. The van der Waals surface area contributed by atoms with Crippen molar-refractivity contribution in [1.82, 2.24) is 0 Å². The van der Waals surface area contributed by atoms with Crippen molar-refractivity contribution >= 4 is 23.4 Å². The van der Waals surface area contributed by atoms with Gasteiger partial charge in [-0.2, -0.15) is 0 Å². The number of ether oxygens (including phenoxy) is 1. The molecule has 25 heavy (non-hydrogen) atoms. The number of benzene rings is 3. The zero-order valence-electron chi connectivity index (χ0n) is 13.3. The summed E-state index contributed by atoms with van der Waals surface area (Å²) in [5.41, 5.74) is 1.67. The SMILES string of the molecule is O=C(Nc1ccccc1)Nc1ccc(C(=O)Oc2ccccc2)cc1. The monoisotopic (exact) mass is 332 g/mol. The smallest absolute Gasteiger partial charge is 0.343 e. The van der Waals surface area contributed by atoms with Gasteiger partial charge in [0.2, 0.25) is 0 Å². The fourth-order valence-electron chi connectivity index (χ4n) is 2.16. The third kappa shape index (κ3) is 4.68. The number of carbonyl (C=O) groups excluding carboxylic acids is 2. The number of para-hydroxylation sites is 2. The molecule has 0 saturated heterocycles. The van der Waals surface area contributed by atoms with Crippen LogP contribution in [0.2, 0.25) is 0 Å². The number of nitrogens with one attached hydrogen (secondary N) is 2. The Morgan fingerprint density at radius 3 is 1.76 bits per heavy atom. The fourth-order valence-corrected chi connectivity index (χ4v) is 2.16. The molecule has 0 fully saturated rings. The van der Waals surface area contributed by atoms with Gasteiger partial charge in [0.25, 0.3) is 0 Å². The number of hydrogen-bond donors (Lipinski definition) is 2. The standard InChI is InChI=1S/C20H16N2O3/c23-19(25-18-9-5-2-6-10-18)15-11-13-17(14-12-15)22-20(24)21-16-7-3-1-4-8-16/h1-14H,(H2,21,22,24). The largest absolute Gasteiger partial charge is 0.423 e. The Hall–Kier alpha value is -3.60. The molecule has 0 aliphatic carbocycles. The average molecular weight is 332 g/mol. The molecule has 124 valence electrons. The van der Waals surface area contributed by atoms with E-state index in [0.29, 0.717) is 22.7 Å². The zero-order valence-corrected chi connectivity index (χ0v) is 13.3. The molecule has 5 nitrogen and oxygen atoms in total.